The number of allylic oxidation sites excluding steroid dienone is 2. The van der Waals surface area contributed by atoms with Gasteiger partial charge in [-0.25, -0.2) is 0 Å². The molecule has 0 saturated heterocycles. The Kier molecular flexibility index (Phi) is 8.74. The van der Waals surface area contributed by atoms with Gasteiger partial charge in [0.05, 0.1) is 11.6 Å². The maximum atomic E-state index is 9.50. The number of hydrogen-bond donors (Lipinski definition) is 0. The van der Waals surface area contributed by atoms with Crippen molar-refractivity contribution in [1.29, 1.82) is 10.5 Å². The normalized spacial score (nSPS) is 10.8. The van der Waals surface area contributed by atoms with Crippen LogP contribution >= 0.6 is 0 Å². The number of para-hydroxylation sites is 1. The topological polar surface area (TPSA) is 50.8 Å². The summed E-state index contributed by atoms with van der Waals surface area (Å²) in [6, 6.07) is 62.4. The standard InChI is InChI=1S/C42H29N3/c43-30-29-37(31-44)32-21-25-39(26-22-32)45(38-19-11-4-12-20-38)40-27-23-36(24-28-40)42(35-17-9-3-10-18-35)41(33-13-5-1-6-14-33)34-15-7-2-8-16-34/h1-29H/b37-29-. The van der Waals surface area contributed by atoms with Gasteiger partial charge in [0, 0.05) is 23.1 Å². The lowest BCUT2D eigenvalue weighted by Crippen LogP contribution is -2.10. The van der Waals surface area contributed by atoms with Crippen LogP contribution in [0.25, 0.3) is 16.7 Å². The maximum absolute atomic E-state index is 9.50. The molecule has 0 aromatic heterocycles. The first-order valence-corrected chi connectivity index (χ1v) is 14.7. The lowest BCUT2D eigenvalue weighted by molar-refractivity contribution is 1.28. The molecule has 3 nitrogen and oxygen atoms in total. The fourth-order valence-electron chi connectivity index (χ4n) is 5.56. The first-order chi connectivity index (χ1) is 22.3. The van der Waals surface area contributed by atoms with Crippen LogP contribution in [0.1, 0.15) is 27.8 Å². The fraction of sp³-hybridized carbons (Fsp3) is 0. The quantitative estimate of drug-likeness (QED) is 0.134. The van der Waals surface area contributed by atoms with Crippen LogP contribution in [0.5, 0.6) is 0 Å². The third kappa shape index (κ3) is 6.35. The number of hydrogen-bond acceptors (Lipinski definition) is 3. The van der Waals surface area contributed by atoms with Crippen LogP contribution in [-0.4, -0.2) is 0 Å². The molecule has 0 atom stereocenters. The average Bonchev–Trinajstić information content (AvgIpc) is 3.12. The highest BCUT2D eigenvalue weighted by Crippen LogP contribution is 2.39. The molecule has 0 aliphatic carbocycles. The van der Waals surface area contributed by atoms with Gasteiger partial charge < -0.3 is 4.90 Å². The molecule has 6 aromatic carbocycles. The van der Waals surface area contributed by atoms with Crippen LogP contribution < -0.4 is 4.90 Å². The highest BCUT2D eigenvalue weighted by molar-refractivity contribution is 6.04. The van der Waals surface area contributed by atoms with Crippen LogP contribution in [-0.2, 0) is 0 Å². The van der Waals surface area contributed by atoms with Crippen LogP contribution in [0.2, 0.25) is 0 Å². The Morgan fingerprint density at radius 1 is 0.400 bits per heavy atom. The summed E-state index contributed by atoms with van der Waals surface area (Å²) in [5.41, 5.74) is 10.9. The van der Waals surface area contributed by atoms with Crippen LogP contribution in [0, 0.1) is 22.7 Å². The molecule has 0 N–H and O–H groups in total. The molecule has 0 heterocycles. The summed E-state index contributed by atoms with van der Waals surface area (Å²) in [7, 11) is 0. The fourth-order valence-corrected chi connectivity index (χ4v) is 5.56. The molecule has 0 bridgehead atoms. The summed E-state index contributed by atoms with van der Waals surface area (Å²) in [4.78, 5) is 2.19. The molecule has 0 radical (unpaired) electrons. The lowest BCUT2D eigenvalue weighted by Gasteiger charge is -2.26. The van der Waals surface area contributed by atoms with E-state index in [0.29, 0.717) is 11.1 Å². The Morgan fingerprint density at radius 2 is 0.733 bits per heavy atom. The van der Waals surface area contributed by atoms with Gasteiger partial charge >= 0.3 is 0 Å². The molecule has 6 aromatic rings. The van der Waals surface area contributed by atoms with E-state index < -0.39 is 0 Å². The highest BCUT2D eigenvalue weighted by atomic mass is 15.1. The second kappa shape index (κ2) is 13.7. The summed E-state index contributed by atoms with van der Waals surface area (Å²) in [5, 5.41) is 18.6. The number of benzene rings is 6. The number of nitriles is 2. The van der Waals surface area contributed by atoms with Crippen molar-refractivity contribution in [1.82, 2.24) is 0 Å². The van der Waals surface area contributed by atoms with Gasteiger partial charge in [0.2, 0.25) is 0 Å². The summed E-state index contributed by atoms with van der Waals surface area (Å²) in [6.45, 7) is 0. The Labute approximate surface area is 264 Å². The van der Waals surface area contributed by atoms with Crippen molar-refractivity contribution in [2.45, 2.75) is 0 Å². The smallest absolute Gasteiger partial charge is 0.101 e. The summed E-state index contributed by atoms with van der Waals surface area (Å²) < 4.78 is 0. The largest absolute Gasteiger partial charge is 0.311 e. The third-order valence-corrected chi connectivity index (χ3v) is 7.63. The first-order valence-electron chi connectivity index (χ1n) is 14.7. The van der Waals surface area contributed by atoms with E-state index in [-0.39, 0.29) is 0 Å². The molecular weight excluding hydrogens is 546 g/mol. The number of anilines is 3. The van der Waals surface area contributed by atoms with Gasteiger partial charge in [0.25, 0.3) is 0 Å². The van der Waals surface area contributed by atoms with Crippen molar-refractivity contribution in [2.24, 2.45) is 0 Å². The predicted molar refractivity (Wildman–Crippen MR) is 185 cm³/mol. The predicted octanol–water partition coefficient (Wildman–Crippen LogP) is 10.6. The zero-order valence-electron chi connectivity index (χ0n) is 24.6. The zero-order valence-corrected chi connectivity index (χ0v) is 24.6. The molecular formula is C42H29N3. The molecule has 0 fully saturated rings. The molecule has 0 amide bonds. The van der Waals surface area contributed by atoms with Crippen LogP contribution in [0.3, 0.4) is 0 Å². The Bertz CT molecular complexity index is 1970. The van der Waals surface area contributed by atoms with Crippen molar-refractivity contribution < 1.29 is 0 Å². The van der Waals surface area contributed by atoms with Crippen molar-refractivity contribution in [3.05, 3.63) is 204 Å². The zero-order chi connectivity index (χ0) is 30.8. The van der Waals surface area contributed by atoms with E-state index in [1.54, 1.807) is 0 Å². The highest BCUT2D eigenvalue weighted by Gasteiger charge is 2.18. The van der Waals surface area contributed by atoms with Crippen molar-refractivity contribution in [3.8, 4) is 12.1 Å². The maximum Gasteiger partial charge on any atom is 0.101 e. The number of nitrogens with zero attached hydrogens (tertiary/aromatic N) is 3. The lowest BCUT2D eigenvalue weighted by atomic mass is 9.86. The molecule has 212 valence electrons. The van der Waals surface area contributed by atoms with Crippen LogP contribution in [0.4, 0.5) is 17.1 Å². The van der Waals surface area contributed by atoms with Crippen molar-refractivity contribution in [2.75, 3.05) is 4.90 Å². The molecule has 0 saturated carbocycles. The second-order valence-corrected chi connectivity index (χ2v) is 10.4. The molecule has 0 aliphatic rings. The van der Waals surface area contributed by atoms with Crippen molar-refractivity contribution in [3.63, 3.8) is 0 Å². The average molecular weight is 576 g/mol. The van der Waals surface area contributed by atoms with Gasteiger partial charge in [-0.1, -0.05) is 133 Å². The van der Waals surface area contributed by atoms with E-state index >= 15 is 0 Å². The van der Waals surface area contributed by atoms with Gasteiger partial charge in [0.15, 0.2) is 0 Å². The molecule has 0 aliphatic heterocycles. The Balaban J connectivity index is 1.50. The minimum absolute atomic E-state index is 0.340. The monoisotopic (exact) mass is 575 g/mol. The first kappa shape index (κ1) is 28.7. The molecule has 0 unspecified atom stereocenters. The van der Waals surface area contributed by atoms with E-state index in [1.165, 1.54) is 11.6 Å². The van der Waals surface area contributed by atoms with Gasteiger partial charge in [0.1, 0.15) is 6.07 Å². The van der Waals surface area contributed by atoms with Gasteiger partial charge in [-0.15, -0.1) is 0 Å². The van der Waals surface area contributed by atoms with Gasteiger partial charge in [-0.05, 0) is 75.4 Å². The van der Waals surface area contributed by atoms with Crippen LogP contribution in [0.15, 0.2) is 176 Å². The minimum atomic E-state index is 0.340. The molecule has 3 heteroatoms. The summed E-state index contributed by atoms with van der Waals surface area (Å²) in [6.07, 6.45) is 1.28. The number of rotatable bonds is 8. The Hall–Kier alpha value is -6.42. The molecule has 45 heavy (non-hydrogen) atoms. The summed E-state index contributed by atoms with van der Waals surface area (Å²) in [5.74, 6) is 0. The second-order valence-electron chi connectivity index (χ2n) is 10.4. The van der Waals surface area contributed by atoms with E-state index in [9.17, 15) is 5.26 Å². The summed E-state index contributed by atoms with van der Waals surface area (Å²) >= 11 is 0. The van der Waals surface area contributed by atoms with E-state index in [1.807, 2.05) is 54.6 Å². The molecule has 6 rings (SSSR count). The van der Waals surface area contributed by atoms with Gasteiger partial charge in [-0.3, -0.25) is 0 Å². The third-order valence-electron chi connectivity index (χ3n) is 7.63. The molecule has 0 spiro atoms. The SMILES string of the molecule is N#C/C=C(/C#N)c1ccc(N(c2ccccc2)c2ccc(C(=C(c3ccccc3)c3ccccc3)c3ccccc3)cc2)cc1. The van der Waals surface area contributed by atoms with E-state index in [4.69, 9.17) is 5.26 Å². The minimum Gasteiger partial charge on any atom is -0.311 e. The Morgan fingerprint density at radius 3 is 1.11 bits per heavy atom. The van der Waals surface area contributed by atoms with E-state index in [0.717, 1.165) is 44.9 Å². The van der Waals surface area contributed by atoms with Gasteiger partial charge in [-0.2, -0.15) is 10.5 Å². The van der Waals surface area contributed by atoms with E-state index in [2.05, 4.69) is 132 Å². The van der Waals surface area contributed by atoms with Crippen molar-refractivity contribution >= 4 is 33.8 Å².